The fraction of sp³-hybridized carbons (Fsp3) is 0.500. The number of imide groups is 1. The summed E-state index contributed by atoms with van der Waals surface area (Å²) in [6.07, 6.45) is 13.2. The van der Waals surface area contributed by atoms with Crippen LogP contribution in [0, 0.1) is 18.8 Å². The van der Waals surface area contributed by atoms with Crippen molar-refractivity contribution in [3.8, 4) is 0 Å². The van der Waals surface area contributed by atoms with Crippen LogP contribution in [-0.2, 0) is 14.4 Å². The van der Waals surface area contributed by atoms with Gasteiger partial charge >= 0.3 is 0 Å². The lowest BCUT2D eigenvalue weighted by atomic mass is 9.81. The topological polar surface area (TPSA) is 151 Å². The minimum absolute atomic E-state index is 0.00310. The van der Waals surface area contributed by atoms with Crippen LogP contribution < -0.4 is 15.8 Å². The van der Waals surface area contributed by atoms with Gasteiger partial charge in [0.15, 0.2) is 5.78 Å². The molecule has 256 valence electrons. The number of hydrogen-bond acceptors (Lipinski definition) is 10. The predicted molar refractivity (Wildman–Crippen MR) is 184 cm³/mol. The lowest BCUT2D eigenvalue weighted by Gasteiger charge is -2.39. The van der Waals surface area contributed by atoms with Gasteiger partial charge in [0.25, 0.3) is 17.4 Å². The SMILES string of the molecule is CC(=O)c1c(C)c2cnc(Nc3ccc(N4CCN(C(=O)C5CCC(CN6C(=O)C=CC6=O)CC5)CC4)cn3)nc2n(C2CCCC2)c1=O. The highest BCUT2D eigenvalue weighted by Crippen LogP contribution is 2.33. The Hall–Kier alpha value is -4.94. The number of pyridine rings is 2. The van der Waals surface area contributed by atoms with Crippen molar-refractivity contribution >= 4 is 52.0 Å². The molecule has 49 heavy (non-hydrogen) atoms. The monoisotopic (exact) mass is 666 g/mol. The van der Waals surface area contributed by atoms with E-state index in [-0.39, 0.29) is 52.5 Å². The molecule has 0 spiro atoms. The van der Waals surface area contributed by atoms with Crippen LogP contribution in [0.5, 0.6) is 0 Å². The number of amides is 3. The quantitative estimate of drug-likeness (QED) is 0.277. The summed E-state index contributed by atoms with van der Waals surface area (Å²) in [5.41, 5.74) is 2.02. The van der Waals surface area contributed by atoms with Gasteiger partial charge in [0.2, 0.25) is 11.9 Å². The summed E-state index contributed by atoms with van der Waals surface area (Å²) in [6.45, 7) is 6.33. The molecule has 13 heteroatoms. The molecule has 1 saturated heterocycles. The fourth-order valence-corrected chi connectivity index (χ4v) is 7.97. The molecule has 2 aliphatic carbocycles. The number of piperazine rings is 1. The molecule has 3 aromatic heterocycles. The molecule has 0 atom stereocenters. The Morgan fingerprint density at radius 2 is 1.57 bits per heavy atom. The number of aromatic nitrogens is 4. The second-order valence-corrected chi connectivity index (χ2v) is 13.8. The average Bonchev–Trinajstić information content (AvgIpc) is 3.75. The number of ketones is 1. The summed E-state index contributed by atoms with van der Waals surface area (Å²) in [6, 6.07) is 3.85. The lowest BCUT2D eigenvalue weighted by molar-refractivity contribution is -0.140. The molecule has 2 saturated carbocycles. The van der Waals surface area contributed by atoms with Gasteiger partial charge in [-0.1, -0.05) is 12.8 Å². The number of rotatable bonds is 8. The van der Waals surface area contributed by atoms with Crippen molar-refractivity contribution in [2.75, 3.05) is 42.9 Å². The van der Waals surface area contributed by atoms with Crippen LogP contribution >= 0.6 is 0 Å². The second-order valence-electron chi connectivity index (χ2n) is 13.8. The van der Waals surface area contributed by atoms with E-state index in [1.807, 2.05) is 17.0 Å². The Balaban J connectivity index is 0.955. The summed E-state index contributed by atoms with van der Waals surface area (Å²) in [4.78, 5) is 82.4. The first kappa shape index (κ1) is 32.6. The number of carbonyl (C=O) groups excluding carboxylic acids is 4. The summed E-state index contributed by atoms with van der Waals surface area (Å²) in [5.74, 6) is 0.591. The molecule has 0 radical (unpaired) electrons. The zero-order valence-electron chi connectivity index (χ0n) is 28.1. The van der Waals surface area contributed by atoms with E-state index in [2.05, 4.69) is 20.2 Å². The third kappa shape index (κ3) is 6.45. The Morgan fingerprint density at radius 1 is 0.878 bits per heavy atom. The minimum atomic E-state index is -0.283. The maximum atomic E-state index is 13.5. The molecule has 13 nitrogen and oxygen atoms in total. The summed E-state index contributed by atoms with van der Waals surface area (Å²) in [5, 5.41) is 3.88. The highest BCUT2D eigenvalue weighted by atomic mass is 16.2. The normalized spacial score (nSPS) is 21.6. The number of fused-ring (bicyclic) bond motifs is 1. The third-order valence-corrected chi connectivity index (χ3v) is 10.7. The van der Waals surface area contributed by atoms with Gasteiger partial charge in [-0.2, -0.15) is 4.98 Å². The first-order valence-electron chi connectivity index (χ1n) is 17.4. The molecule has 3 fully saturated rings. The molecule has 5 heterocycles. The molecule has 3 amide bonds. The Morgan fingerprint density at radius 3 is 2.20 bits per heavy atom. The molecule has 0 aromatic carbocycles. The number of Topliss-reactive ketones (excluding diaryl/α,β-unsaturated/α-hetero) is 1. The standard InChI is InChI=1S/C36H42N8O5/c1-22-28-20-38-36(40-33(28)44(26-5-3-4-6-26)35(49)32(22)23(2)45)39-29-12-11-27(19-37-29)41-15-17-42(18-16-41)34(48)25-9-7-24(8-10-25)21-43-30(46)13-14-31(43)47/h11-14,19-20,24-26H,3-10,15-18,21H2,1-2H3,(H,37,38,39,40). The van der Waals surface area contributed by atoms with E-state index in [1.54, 1.807) is 23.9 Å². The van der Waals surface area contributed by atoms with Gasteiger partial charge in [-0.05, 0) is 76.0 Å². The molecule has 0 unspecified atom stereocenters. The molecule has 2 aliphatic heterocycles. The molecule has 0 bridgehead atoms. The van der Waals surface area contributed by atoms with E-state index >= 15 is 0 Å². The number of aryl methyl sites for hydroxylation is 1. The van der Waals surface area contributed by atoms with Crippen LogP contribution in [0.1, 0.15) is 80.3 Å². The van der Waals surface area contributed by atoms with Crippen molar-refractivity contribution in [3.63, 3.8) is 0 Å². The van der Waals surface area contributed by atoms with Crippen LogP contribution in [0.2, 0.25) is 0 Å². The first-order valence-corrected chi connectivity index (χ1v) is 17.4. The molecular weight excluding hydrogens is 624 g/mol. The van der Waals surface area contributed by atoms with Gasteiger partial charge in [-0.15, -0.1) is 0 Å². The predicted octanol–water partition coefficient (Wildman–Crippen LogP) is 3.94. The first-order chi connectivity index (χ1) is 23.7. The maximum absolute atomic E-state index is 13.5. The van der Waals surface area contributed by atoms with Crippen molar-refractivity contribution in [1.82, 2.24) is 29.3 Å². The molecule has 7 rings (SSSR count). The van der Waals surface area contributed by atoms with Gasteiger partial charge in [-0.3, -0.25) is 33.4 Å². The van der Waals surface area contributed by atoms with Gasteiger partial charge in [0.05, 0.1) is 17.4 Å². The van der Waals surface area contributed by atoms with Crippen LogP contribution in [0.15, 0.2) is 41.5 Å². The van der Waals surface area contributed by atoms with Gasteiger partial charge in [-0.25, -0.2) is 9.97 Å². The summed E-state index contributed by atoms with van der Waals surface area (Å²) < 4.78 is 1.70. The summed E-state index contributed by atoms with van der Waals surface area (Å²) >= 11 is 0. The van der Waals surface area contributed by atoms with E-state index in [9.17, 15) is 24.0 Å². The smallest absolute Gasteiger partial charge is 0.263 e. The molecular formula is C36H42N8O5. The van der Waals surface area contributed by atoms with E-state index < -0.39 is 0 Å². The van der Waals surface area contributed by atoms with Crippen LogP contribution in [0.4, 0.5) is 17.5 Å². The Labute approximate surface area is 284 Å². The zero-order valence-corrected chi connectivity index (χ0v) is 28.1. The van der Waals surface area contributed by atoms with Crippen LogP contribution in [0.3, 0.4) is 0 Å². The van der Waals surface area contributed by atoms with E-state index in [1.165, 1.54) is 24.0 Å². The van der Waals surface area contributed by atoms with Gasteiger partial charge in [0, 0.05) is 68.4 Å². The highest BCUT2D eigenvalue weighted by molar-refractivity contribution is 6.12. The Kier molecular flexibility index (Phi) is 9.00. The van der Waals surface area contributed by atoms with Gasteiger partial charge in [0.1, 0.15) is 11.5 Å². The molecule has 4 aliphatic rings. The minimum Gasteiger partial charge on any atom is -0.367 e. The summed E-state index contributed by atoms with van der Waals surface area (Å²) in [7, 11) is 0. The van der Waals surface area contributed by atoms with Crippen LogP contribution in [-0.4, -0.2) is 85.5 Å². The van der Waals surface area contributed by atoms with E-state index in [0.29, 0.717) is 61.1 Å². The van der Waals surface area contributed by atoms with Gasteiger partial charge < -0.3 is 15.1 Å². The molecule has 3 aromatic rings. The van der Waals surface area contributed by atoms with Crippen molar-refractivity contribution in [2.45, 2.75) is 71.3 Å². The number of nitrogens with zero attached hydrogens (tertiary/aromatic N) is 7. The lowest BCUT2D eigenvalue weighted by Crippen LogP contribution is -2.51. The number of anilines is 3. The highest BCUT2D eigenvalue weighted by Gasteiger charge is 2.34. The number of hydrogen-bond donors (Lipinski definition) is 1. The zero-order chi connectivity index (χ0) is 34.2. The van der Waals surface area contributed by atoms with Crippen molar-refractivity contribution < 1.29 is 19.2 Å². The van der Waals surface area contributed by atoms with E-state index in [0.717, 1.165) is 57.1 Å². The average molecular weight is 667 g/mol. The van der Waals surface area contributed by atoms with Crippen molar-refractivity contribution in [3.05, 3.63) is 58.2 Å². The Bertz CT molecular complexity index is 1860. The largest absolute Gasteiger partial charge is 0.367 e. The number of carbonyl (C=O) groups is 4. The second kappa shape index (κ2) is 13.5. The van der Waals surface area contributed by atoms with Crippen molar-refractivity contribution in [1.29, 1.82) is 0 Å². The maximum Gasteiger partial charge on any atom is 0.263 e. The fourth-order valence-electron chi connectivity index (χ4n) is 7.97. The number of nitrogens with one attached hydrogen (secondary N) is 1. The molecule has 1 N–H and O–H groups in total. The van der Waals surface area contributed by atoms with Crippen molar-refractivity contribution in [2.24, 2.45) is 11.8 Å². The van der Waals surface area contributed by atoms with E-state index in [4.69, 9.17) is 4.98 Å². The third-order valence-electron chi connectivity index (χ3n) is 10.7. The van der Waals surface area contributed by atoms with Crippen LogP contribution in [0.25, 0.3) is 11.0 Å².